The van der Waals surface area contributed by atoms with Crippen molar-refractivity contribution in [1.29, 1.82) is 0 Å². The van der Waals surface area contributed by atoms with Crippen molar-refractivity contribution in [2.24, 2.45) is 10.9 Å². The van der Waals surface area contributed by atoms with Gasteiger partial charge < -0.3 is 24.3 Å². The number of aliphatic imine (C=N–C) groups is 1. The minimum atomic E-state index is 0. The van der Waals surface area contributed by atoms with E-state index in [1.807, 2.05) is 31.6 Å². The van der Waals surface area contributed by atoms with Gasteiger partial charge in [-0.05, 0) is 30.5 Å². The molecule has 0 radical (unpaired) electrons. The van der Waals surface area contributed by atoms with Gasteiger partial charge in [0.05, 0.1) is 0 Å². The molecule has 7 nitrogen and oxygen atoms in total. The number of nitrogens with zero attached hydrogens (tertiary/aromatic N) is 4. The van der Waals surface area contributed by atoms with Crippen LogP contribution in [0.1, 0.15) is 32.2 Å². The molecule has 1 aliphatic heterocycles. The maximum atomic E-state index is 5.47. The fourth-order valence-electron chi connectivity index (χ4n) is 3.05. The van der Waals surface area contributed by atoms with Crippen LogP contribution in [0.2, 0.25) is 0 Å². The molecule has 8 heteroatoms. The van der Waals surface area contributed by atoms with Crippen molar-refractivity contribution in [3.63, 3.8) is 0 Å². The summed E-state index contributed by atoms with van der Waals surface area (Å²) in [6.45, 7) is 9.81. The molecule has 0 spiro atoms. The second-order valence-electron chi connectivity index (χ2n) is 7.10. The molecule has 1 N–H and O–H groups in total. The summed E-state index contributed by atoms with van der Waals surface area (Å²) in [4.78, 5) is 11.4. The molecule has 2 heterocycles. The first-order valence-electron chi connectivity index (χ1n) is 9.44. The van der Waals surface area contributed by atoms with Crippen LogP contribution in [0.3, 0.4) is 0 Å². The third-order valence-electron chi connectivity index (χ3n) is 4.29. The Hall–Kier alpha value is -1.97. The highest BCUT2D eigenvalue weighted by molar-refractivity contribution is 14.0. The minimum Gasteiger partial charge on any atom is -0.454 e. The quantitative estimate of drug-likeness (QED) is 0.359. The maximum Gasteiger partial charge on any atom is 0.231 e. The molecule has 28 heavy (non-hydrogen) atoms. The first-order valence-corrected chi connectivity index (χ1v) is 9.44. The Balaban J connectivity index is 0.00000280. The summed E-state index contributed by atoms with van der Waals surface area (Å²) in [6, 6.07) is 6.04. The number of benzene rings is 1. The van der Waals surface area contributed by atoms with Crippen LogP contribution in [0, 0.1) is 5.92 Å². The van der Waals surface area contributed by atoms with Crippen molar-refractivity contribution in [3.8, 4) is 11.5 Å². The zero-order chi connectivity index (χ0) is 19.2. The average Bonchev–Trinajstić information content (AvgIpc) is 3.26. The summed E-state index contributed by atoms with van der Waals surface area (Å²) in [7, 11) is 2.03. The van der Waals surface area contributed by atoms with Crippen LogP contribution in [0.25, 0.3) is 0 Å². The van der Waals surface area contributed by atoms with Gasteiger partial charge in [-0.15, -0.1) is 24.0 Å². The highest BCUT2D eigenvalue weighted by Gasteiger charge is 2.15. The molecular weight excluding hydrogens is 469 g/mol. The molecular formula is C20H30IN5O2. The van der Waals surface area contributed by atoms with Crippen LogP contribution in [-0.4, -0.2) is 40.8 Å². The van der Waals surface area contributed by atoms with Crippen molar-refractivity contribution >= 4 is 29.9 Å². The molecule has 0 unspecified atom stereocenters. The number of halogens is 1. The summed E-state index contributed by atoms with van der Waals surface area (Å²) in [6.07, 6.45) is 3.87. The highest BCUT2D eigenvalue weighted by atomic mass is 127. The normalized spacial score (nSPS) is 12.8. The lowest BCUT2D eigenvalue weighted by atomic mass is 10.2. The number of guanidine groups is 1. The lowest BCUT2D eigenvalue weighted by molar-refractivity contribution is 0.174. The lowest BCUT2D eigenvalue weighted by Crippen LogP contribution is -2.38. The van der Waals surface area contributed by atoms with Crippen molar-refractivity contribution < 1.29 is 9.47 Å². The minimum absolute atomic E-state index is 0. The Kier molecular flexibility index (Phi) is 8.40. The Morgan fingerprint density at radius 3 is 2.86 bits per heavy atom. The van der Waals surface area contributed by atoms with E-state index in [1.165, 1.54) is 0 Å². The van der Waals surface area contributed by atoms with Gasteiger partial charge in [-0.1, -0.05) is 19.9 Å². The number of nitrogens with one attached hydrogen (secondary N) is 1. The number of hydrogen-bond acceptors (Lipinski definition) is 4. The third kappa shape index (κ3) is 5.76. The van der Waals surface area contributed by atoms with Crippen LogP contribution in [0.4, 0.5) is 0 Å². The number of imidazole rings is 1. The van der Waals surface area contributed by atoms with Gasteiger partial charge in [0.15, 0.2) is 17.5 Å². The SMILES string of the molecule is CCNC(=NCc1nccn1CC(C)C)N(C)Cc1ccc2c(c1)OCO2.I. The zero-order valence-corrected chi connectivity index (χ0v) is 19.3. The molecule has 0 saturated heterocycles. The molecule has 0 amide bonds. The first-order chi connectivity index (χ1) is 13.1. The molecule has 0 fully saturated rings. The van der Waals surface area contributed by atoms with E-state index >= 15 is 0 Å². The van der Waals surface area contributed by atoms with Crippen molar-refractivity contribution in [1.82, 2.24) is 19.8 Å². The van der Waals surface area contributed by atoms with E-state index in [-0.39, 0.29) is 24.0 Å². The molecule has 1 aromatic carbocycles. The Morgan fingerprint density at radius 2 is 2.11 bits per heavy atom. The van der Waals surface area contributed by atoms with Crippen molar-refractivity contribution in [2.75, 3.05) is 20.4 Å². The van der Waals surface area contributed by atoms with Crippen molar-refractivity contribution in [3.05, 3.63) is 42.0 Å². The highest BCUT2D eigenvalue weighted by Crippen LogP contribution is 2.32. The predicted octanol–water partition coefficient (Wildman–Crippen LogP) is 3.48. The number of rotatable bonds is 7. The van der Waals surface area contributed by atoms with Gasteiger partial charge in [-0.3, -0.25) is 0 Å². The Bertz CT molecular complexity index is 791. The number of aromatic nitrogens is 2. The van der Waals surface area contributed by atoms with E-state index in [1.54, 1.807) is 0 Å². The van der Waals surface area contributed by atoms with Crippen LogP contribution < -0.4 is 14.8 Å². The summed E-state index contributed by atoms with van der Waals surface area (Å²) < 4.78 is 13.0. The average molecular weight is 499 g/mol. The van der Waals surface area contributed by atoms with E-state index in [0.29, 0.717) is 19.3 Å². The van der Waals surface area contributed by atoms with Crippen LogP contribution in [-0.2, 0) is 19.6 Å². The zero-order valence-electron chi connectivity index (χ0n) is 17.0. The number of fused-ring (bicyclic) bond motifs is 1. The summed E-state index contributed by atoms with van der Waals surface area (Å²) in [5.74, 6) is 4.02. The molecule has 1 aliphatic rings. The van der Waals surface area contributed by atoms with E-state index in [4.69, 9.17) is 14.5 Å². The molecule has 154 valence electrons. The molecule has 0 aliphatic carbocycles. The number of ether oxygens (including phenoxy) is 2. The largest absolute Gasteiger partial charge is 0.454 e. The fourth-order valence-corrected chi connectivity index (χ4v) is 3.05. The van der Waals surface area contributed by atoms with Gasteiger partial charge >= 0.3 is 0 Å². The van der Waals surface area contributed by atoms with Gasteiger partial charge in [-0.25, -0.2) is 9.98 Å². The van der Waals surface area contributed by atoms with Gasteiger partial charge in [0.1, 0.15) is 12.4 Å². The van der Waals surface area contributed by atoms with Gasteiger partial charge in [0.25, 0.3) is 0 Å². The summed E-state index contributed by atoms with van der Waals surface area (Å²) in [5, 5.41) is 3.36. The maximum absolute atomic E-state index is 5.47. The number of hydrogen-bond donors (Lipinski definition) is 1. The second kappa shape index (κ2) is 10.5. The van der Waals surface area contributed by atoms with E-state index < -0.39 is 0 Å². The molecule has 0 bridgehead atoms. The third-order valence-corrected chi connectivity index (χ3v) is 4.29. The van der Waals surface area contributed by atoms with E-state index in [0.717, 1.165) is 48.5 Å². The van der Waals surface area contributed by atoms with Gasteiger partial charge in [-0.2, -0.15) is 0 Å². The first kappa shape index (κ1) is 22.3. The lowest BCUT2D eigenvalue weighted by Gasteiger charge is -2.22. The van der Waals surface area contributed by atoms with Crippen LogP contribution >= 0.6 is 24.0 Å². The molecule has 0 atom stereocenters. The Morgan fingerprint density at radius 1 is 1.32 bits per heavy atom. The molecule has 0 saturated carbocycles. The molecule has 2 aromatic rings. The smallest absolute Gasteiger partial charge is 0.231 e. The van der Waals surface area contributed by atoms with Gasteiger partial charge in [0, 0.05) is 39.1 Å². The van der Waals surface area contributed by atoms with Crippen LogP contribution in [0.5, 0.6) is 11.5 Å². The Labute approximate surface area is 184 Å². The molecule has 1 aromatic heterocycles. The van der Waals surface area contributed by atoms with E-state index in [2.05, 4.69) is 46.6 Å². The summed E-state index contributed by atoms with van der Waals surface area (Å²) in [5.41, 5.74) is 1.15. The second-order valence-corrected chi connectivity index (χ2v) is 7.10. The topological polar surface area (TPSA) is 63.9 Å². The monoisotopic (exact) mass is 499 g/mol. The fraction of sp³-hybridized carbons (Fsp3) is 0.500. The molecule has 3 rings (SSSR count). The predicted molar refractivity (Wildman–Crippen MR) is 121 cm³/mol. The summed E-state index contributed by atoms with van der Waals surface area (Å²) >= 11 is 0. The van der Waals surface area contributed by atoms with Gasteiger partial charge in [0.2, 0.25) is 6.79 Å². The van der Waals surface area contributed by atoms with E-state index in [9.17, 15) is 0 Å². The van der Waals surface area contributed by atoms with Crippen molar-refractivity contribution in [2.45, 2.75) is 40.4 Å². The van der Waals surface area contributed by atoms with Crippen LogP contribution in [0.15, 0.2) is 35.6 Å². The standard InChI is InChI=1S/C20H29N5O2.HI/c1-5-21-20(23-11-19-22-8-9-25(19)12-15(2)3)24(4)13-16-6-7-17-18(10-16)27-14-26-17;/h6-10,15H,5,11-14H2,1-4H3,(H,21,23);1H.